The number of halogens is 6. The first-order chi connectivity index (χ1) is 22.2. The second-order valence-electron chi connectivity index (χ2n) is 17.9. The van der Waals surface area contributed by atoms with Gasteiger partial charge < -0.3 is 0 Å². The van der Waals surface area contributed by atoms with Crippen LogP contribution in [0.2, 0.25) is 42.8 Å². The Kier molecular flexibility index (Phi) is 2.39. The van der Waals surface area contributed by atoms with Crippen molar-refractivity contribution in [2.45, 2.75) is 71.8 Å². The second-order valence-corrected chi connectivity index (χ2v) is 46.5. The van der Waals surface area contributed by atoms with Gasteiger partial charge in [-0.05, 0) is 0 Å². The Labute approximate surface area is 261 Å². The van der Waals surface area contributed by atoms with Gasteiger partial charge in [0.15, 0.2) is 0 Å². The molecule has 0 bridgehead atoms. The molecule has 6 atom stereocenters. The molecule has 10 saturated heterocycles. The van der Waals surface area contributed by atoms with Gasteiger partial charge in [-0.2, -0.15) is 0 Å². The number of hydrogen-bond acceptors (Lipinski definition) is 0. The van der Waals surface area contributed by atoms with Gasteiger partial charge >= 0.3 is 262 Å². The van der Waals surface area contributed by atoms with E-state index < -0.39 is 45.8 Å². The molecule has 0 aromatic heterocycles. The fourth-order valence-electron chi connectivity index (χ4n) is 22.5. The van der Waals surface area contributed by atoms with Crippen LogP contribution >= 0.6 is 15.8 Å². The Morgan fingerprint density at radius 2 is 0.936 bits per heavy atom. The summed E-state index contributed by atoms with van der Waals surface area (Å²) in [6.07, 6.45) is -8.89. The summed E-state index contributed by atoms with van der Waals surface area (Å²) in [5.41, 5.74) is -1.13. The summed E-state index contributed by atoms with van der Waals surface area (Å²) < 4.78 is 83.0. The molecule has 0 nitrogen and oxygen atoms in total. The Morgan fingerprint density at radius 3 is 1.28 bits per heavy atom. The van der Waals surface area contributed by atoms with E-state index in [-0.39, 0.29) is 9.97 Å². The third kappa shape index (κ3) is 0.826. The fraction of sp³-hybridized carbons (Fsp3) is 0.368. The summed E-state index contributed by atoms with van der Waals surface area (Å²) in [7, 11) is -1.84. The number of fused-ring (bicyclic) bond motifs is 10. The Bertz CT molecular complexity index is 2390. The summed E-state index contributed by atoms with van der Waals surface area (Å²) in [5, 5.41) is 4.69. The van der Waals surface area contributed by atoms with E-state index in [1.807, 2.05) is 0 Å². The van der Waals surface area contributed by atoms with Crippen molar-refractivity contribution in [1.29, 1.82) is 0 Å². The van der Waals surface area contributed by atoms with Crippen LogP contribution in [-0.4, -0.2) is 9.71 Å². The van der Waals surface area contributed by atoms with Crippen molar-refractivity contribution < 1.29 is 32.9 Å². The van der Waals surface area contributed by atoms with Gasteiger partial charge in [0.1, 0.15) is 0 Å². The second kappa shape index (κ2) is 4.36. The van der Waals surface area contributed by atoms with Crippen LogP contribution in [-0.2, 0) is 18.9 Å². The van der Waals surface area contributed by atoms with Gasteiger partial charge in [0, 0.05) is 0 Å². The molecule has 0 aliphatic carbocycles. The standard InChI is InChI=1S/C33H25F6P2.C5H5.Fe/c1-23(30-13-8-14-31(30)41(26-9-4-2-5-10-26)27-11-6-3-7-12-27)40(28-19-15-24(16-20-28)32(34,35)36)29-21-17-25(18-22-29)33(37,38)39;1-2-4-5-3-1;/h2-23H,1H3;1-5H;. The average molecular weight is 718 g/mol. The van der Waals surface area contributed by atoms with E-state index >= 15 is 0 Å². The summed E-state index contributed by atoms with van der Waals surface area (Å²) in [6.45, 7) is -1.84. The van der Waals surface area contributed by atoms with E-state index in [1.165, 1.54) is 34.9 Å². The van der Waals surface area contributed by atoms with E-state index in [0.717, 1.165) is 49.1 Å². The van der Waals surface area contributed by atoms with Gasteiger partial charge in [-0.3, -0.25) is 0 Å². The molecule has 14 rings (SSSR count). The van der Waals surface area contributed by atoms with Crippen LogP contribution in [0, 0.1) is 0 Å². The normalized spacial score (nSPS) is 53.7. The first-order valence-corrected chi connectivity index (χ1v) is 25.4. The van der Waals surface area contributed by atoms with Crippen molar-refractivity contribution in [3.05, 3.63) is 120 Å². The molecular formula is C38H30F6FeP2. The molecule has 0 saturated carbocycles. The summed E-state index contributed by atoms with van der Waals surface area (Å²) in [6, 6.07) is 33.8. The molecule has 10 fully saturated rings. The maximum atomic E-state index is 13.7. The predicted octanol–water partition coefficient (Wildman–Crippen LogP) is 10.3. The van der Waals surface area contributed by atoms with Crippen LogP contribution in [0.25, 0.3) is 0 Å². The van der Waals surface area contributed by atoms with Crippen LogP contribution < -0.4 is 21.2 Å². The zero-order valence-corrected chi connectivity index (χ0v) is 28.0. The molecule has 10 heterocycles. The molecule has 4 aromatic carbocycles. The monoisotopic (exact) mass is 718 g/mol. The summed E-state index contributed by atoms with van der Waals surface area (Å²) in [4.78, 5) is 7.70. The Hall–Kier alpha value is -2.16. The van der Waals surface area contributed by atoms with Crippen molar-refractivity contribution >= 4 is 37.1 Å². The van der Waals surface area contributed by atoms with Crippen molar-refractivity contribution in [1.82, 2.24) is 0 Å². The zero-order chi connectivity index (χ0) is 31.9. The van der Waals surface area contributed by atoms with E-state index in [0.29, 0.717) is 4.05 Å². The Balaban J connectivity index is 1.02. The van der Waals surface area contributed by atoms with Crippen molar-refractivity contribution in [2.24, 2.45) is 0 Å². The summed E-state index contributed by atoms with van der Waals surface area (Å²) >= 11 is 0. The molecule has 5 unspecified atom stereocenters. The number of benzene rings is 4. The molecule has 10 aliphatic rings. The summed E-state index contributed by atoms with van der Waals surface area (Å²) in [5.74, 6) is 0. The van der Waals surface area contributed by atoms with Crippen LogP contribution in [0.3, 0.4) is 0 Å². The number of hydrogen-bond donors (Lipinski definition) is 0. The van der Waals surface area contributed by atoms with Crippen LogP contribution in [0.5, 0.6) is 0 Å². The molecule has 4 aromatic rings. The molecular weight excluding hydrogens is 688 g/mol. The predicted molar refractivity (Wildman–Crippen MR) is 173 cm³/mol. The minimum atomic E-state index is -4.44. The molecule has 1 spiro atoms. The first-order valence-electron chi connectivity index (χ1n) is 16.5. The van der Waals surface area contributed by atoms with Gasteiger partial charge in [-0.25, -0.2) is 0 Å². The van der Waals surface area contributed by atoms with Gasteiger partial charge in [0.05, 0.1) is 0 Å². The van der Waals surface area contributed by atoms with Crippen LogP contribution in [0.15, 0.2) is 109 Å². The van der Waals surface area contributed by atoms with Gasteiger partial charge in [-0.1, -0.05) is 0 Å². The van der Waals surface area contributed by atoms with Gasteiger partial charge in [0.25, 0.3) is 0 Å². The Morgan fingerprint density at radius 1 is 0.532 bits per heavy atom. The van der Waals surface area contributed by atoms with E-state index in [2.05, 4.69) is 67.6 Å². The third-order valence-corrected chi connectivity index (χ3v) is 74.5. The van der Waals surface area contributed by atoms with E-state index in [4.69, 9.17) is 0 Å². The topological polar surface area (TPSA) is 0 Å². The minimum absolute atomic E-state index is 0.229. The van der Waals surface area contributed by atoms with E-state index in [9.17, 15) is 26.3 Å². The zero-order valence-electron chi connectivity index (χ0n) is 25.1. The van der Waals surface area contributed by atoms with Crippen molar-refractivity contribution in [3.8, 4) is 0 Å². The van der Waals surface area contributed by atoms with Gasteiger partial charge in [0.2, 0.25) is 0 Å². The molecule has 0 radical (unpaired) electrons. The number of alkyl halides is 6. The molecule has 47 heavy (non-hydrogen) atoms. The average Bonchev–Trinajstić information content (AvgIpc) is 4.01. The SMILES string of the molecule is CC(P(c1ccc(C(F)(F)F)cc1)c1ccc(C(F)(F)F)cc1)[C@]12[CH]3[CH]4[CH]5[C]1(P(c1ccccc1)c1ccccc1)[Fe]45321678[CH]2[CH]1[CH]6[CH]7[CH]28. The van der Waals surface area contributed by atoms with Crippen LogP contribution in [0.1, 0.15) is 18.1 Å². The maximum absolute atomic E-state index is 13.7. The third-order valence-electron chi connectivity index (χ3n) is 21.2. The first kappa shape index (κ1) is 25.8. The van der Waals surface area contributed by atoms with Gasteiger partial charge in [-0.15, -0.1) is 0 Å². The molecule has 242 valence electrons. The molecule has 9 heteroatoms. The number of rotatable bonds is 7. The van der Waals surface area contributed by atoms with E-state index in [1.54, 1.807) is 24.3 Å². The fourth-order valence-corrected chi connectivity index (χ4v) is 120. The molecule has 0 N–H and O–H groups in total. The molecule has 0 amide bonds. The van der Waals surface area contributed by atoms with Crippen molar-refractivity contribution in [3.63, 3.8) is 0 Å². The van der Waals surface area contributed by atoms with Crippen molar-refractivity contribution in [2.75, 3.05) is 0 Å². The quantitative estimate of drug-likeness (QED) is 0.101. The molecule has 10 aliphatic heterocycles. The van der Waals surface area contributed by atoms with Crippen LogP contribution in [0.4, 0.5) is 26.3 Å².